The molecule has 0 spiro atoms. The number of aromatic nitrogens is 1. The van der Waals surface area contributed by atoms with Crippen LogP contribution in [0.1, 0.15) is 12.6 Å². The Labute approximate surface area is 117 Å². The molecule has 0 radical (unpaired) electrons. The molecule has 0 unspecified atom stereocenters. The lowest BCUT2D eigenvalue weighted by Gasteiger charge is -2.00. The fourth-order valence-electron chi connectivity index (χ4n) is 2.10. The van der Waals surface area contributed by atoms with E-state index in [4.69, 9.17) is 0 Å². The van der Waals surface area contributed by atoms with Crippen LogP contribution in [0.3, 0.4) is 0 Å². The number of hydrogen-bond acceptors (Lipinski definition) is 3. The number of thiazole rings is 1. The number of benzene rings is 2. The van der Waals surface area contributed by atoms with Crippen LogP contribution in [0, 0.1) is 0 Å². The normalized spacial score (nSPS) is 11.0. The summed E-state index contributed by atoms with van der Waals surface area (Å²) in [6.07, 6.45) is 0. The summed E-state index contributed by atoms with van der Waals surface area (Å²) in [7, 11) is 0. The van der Waals surface area contributed by atoms with Gasteiger partial charge in [0.25, 0.3) is 0 Å². The van der Waals surface area contributed by atoms with Gasteiger partial charge in [-0.15, -0.1) is 11.3 Å². The van der Waals surface area contributed by atoms with Gasteiger partial charge in [0.15, 0.2) is 0 Å². The Kier molecular flexibility index (Phi) is 3.58. The number of hydrogen-bond donors (Lipinski definition) is 1. The highest BCUT2D eigenvalue weighted by Crippen LogP contribution is 2.27. The predicted octanol–water partition coefficient (Wildman–Crippen LogP) is 4.07. The highest BCUT2D eigenvalue weighted by Gasteiger charge is 2.05. The van der Waals surface area contributed by atoms with Gasteiger partial charge >= 0.3 is 0 Å². The van der Waals surface area contributed by atoms with Gasteiger partial charge in [-0.3, -0.25) is 0 Å². The smallest absolute Gasteiger partial charge is 0.123 e. The first kappa shape index (κ1) is 12.3. The van der Waals surface area contributed by atoms with E-state index in [9.17, 15) is 0 Å². The molecule has 0 aliphatic carbocycles. The molecule has 2 aromatic carbocycles. The van der Waals surface area contributed by atoms with Gasteiger partial charge in [0.2, 0.25) is 0 Å². The van der Waals surface area contributed by atoms with Crippen LogP contribution in [0.15, 0.2) is 47.8 Å². The third-order valence-corrected chi connectivity index (χ3v) is 4.04. The van der Waals surface area contributed by atoms with E-state index in [0.717, 1.165) is 23.8 Å². The molecule has 0 bridgehead atoms. The van der Waals surface area contributed by atoms with Gasteiger partial charge in [-0.25, -0.2) is 4.98 Å². The van der Waals surface area contributed by atoms with Gasteiger partial charge in [-0.2, -0.15) is 0 Å². The Morgan fingerprint density at radius 3 is 2.79 bits per heavy atom. The molecule has 0 aliphatic heterocycles. The first-order valence-electron chi connectivity index (χ1n) is 6.51. The van der Waals surface area contributed by atoms with E-state index in [1.807, 2.05) is 0 Å². The molecule has 1 aromatic heterocycles. The summed E-state index contributed by atoms with van der Waals surface area (Å²) in [4.78, 5) is 4.68. The summed E-state index contributed by atoms with van der Waals surface area (Å²) >= 11 is 1.71. The molecule has 3 rings (SSSR count). The highest BCUT2D eigenvalue weighted by atomic mass is 32.1. The van der Waals surface area contributed by atoms with Gasteiger partial charge in [0, 0.05) is 17.5 Å². The first-order chi connectivity index (χ1) is 9.36. The zero-order valence-electron chi connectivity index (χ0n) is 10.9. The Morgan fingerprint density at radius 1 is 1.11 bits per heavy atom. The molecule has 1 N–H and O–H groups in total. The SMILES string of the molecule is CCNCc1csc(-c2ccc3ccccc3c2)n1. The van der Waals surface area contributed by atoms with Crippen molar-refractivity contribution < 1.29 is 0 Å². The van der Waals surface area contributed by atoms with E-state index in [1.54, 1.807) is 11.3 Å². The van der Waals surface area contributed by atoms with Gasteiger partial charge in [0.05, 0.1) is 5.69 Å². The van der Waals surface area contributed by atoms with Crippen LogP contribution >= 0.6 is 11.3 Å². The minimum absolute atomic E-state index is 0.848. The summed E-state index contributed by atoms with van der Waals surface area (Å²) < 4.78 is 0. The van der Waals surface area contributed by atoms with Crippen molar-refractivity contribution in [3.05, 3.63) is 53.5 Å². The lowest BCUT2D eigenvalue weighted by molar-refractivity contribution is 0.715. The molecule has 0 saturated carbocycles. The van der Waals surface area contributed by atoms with Crippen molar-refractivity contribution in [3.63, 3.8) is 0 Å². The van der Waals surface area contributed by atoms with Crippen LogP contribution in [0.4, 0.5) is 0 Å². The molecule has 1 heterocycles. The average molecular weight is 268 g/mol. The Bertz CT molecular complexity index is 688. The zero-order chi connectivity index (χ0) is 13.1. The molecule has 2 nitrogen and oxygen atoms in total. The topological polar surface area (TPSA) is 24.9 Å². The lowest BCUT2D eigenvalue weighted by atomic mass is 10.1. The van der Waals surface area contributed by atoms with Crippen LogP contribution < -0.4 is 5.32 Å². The van der Waals surface area contributed by atoms with Gasteiger partial charge in [-0.1, -0.05) is 43.3 Å². The van der Waals surface area contributed by atoms with Crippen LogP contribution in [0.25, 0.3) is 21.3 Å². The quantitative estimate of drug-likeness (QED) is 0.771. The summed E-state index contributed by atoms with van der Waals surface area (Å²) in [5.74, 6) is 0. The van der Waals surface area contributed by atoms with Crippen LogP contribution in [-0.2, 0) is 6.54 Å². The molecular formula is C16H16N2S. The molecule has 96 valence electrons. The summed E-state index contributed by atoms with van der Waals surface area (Å²) in [6, 6.07) is 15.0. The molecule has 19 heavy (non-hydrogen) atoms. The average Bonchev–Trinajstić information content (AvgIpc) is 2.93. The van der Waals surface area contributed by atoms with E-state index in [0.29, 0.717) is 0 Å². The van der Waals surface area contributed by atoms with E-state index < -0.39 is 0 Å². The van der Waals surface area contributed by atoms with Crippen molar-refractivity contribution in [3.8, 4) is 10.6 Å². The minimum Gasteiger partial charge on any atom is -0.311 e. The summed E-state index contributed by atoms with van der Waals surface area (Å²) in [5.41, 5.74) is 2.32. The Hall–Kier alpha value is -1.71. The first-order valence-corrected chi connectivity index (χ1v) is 7.39. The molecule has 0 aliphatic rings. The predicted molar refractivity (Wildman–Crippen MR) is 82.4 cm³/mol. The summed E-state index contributed by atoms with van der Waals surface area (Å²) in [5, 5.41) is 9.07. The van der Waals surface area contributed by atoms with E-state index in [1.165, 1.54) is 16.3 Å². The molecule has 3 heteroatoms. The largest absolute Gasteiger partial charge is 0.311 e. The van der Waals surface area contributed by atoms with Crippen LogP contribution in [0.2, 0.25) is 0 Å². The van der Waals surface area contributed by atoms with Crippen molar-refractivity contribution in [2.45, 2.75) is 13.5 Å². The number of nitrogens with one attached hydrogen (secondary N) is 1. The number of rotatable bonds is 4. The second kappa shape index (κ2) is 5.51. The molecular weight excluding hydrogens is 252 g/mol. The van der Waals surface area contributed by atoms with Crippen molar-refractivity contribution in [1.82, 2.24) is 10.3 Å². The van der Waals surface area contributed by atoms with Crippen molar-refractivity contribution in [1.29, 1.82) is 0 Å². The third-order valence-electron chi connectivity index (χ3n) is 3.10. The molecule has 0 amide bonds. The second-order valence-electron chi connectivity index (χ2n) is 4.49. The molecule has 3 aromatic rings. The monoisotopic (exact) mass is 268 g/mol. The number of nitrogens with zero attached hydrogens (tertiary/aromatic N) is 1. The van der Waals surface area contributed by atoms with Crippen molar-refractivity contribution in [2.24, 2.45) is 0 Å². The molecule has 0 atom stereocenters. The van der Waals surface area contributed by atoms with Gasteiger partial charge < -0.3 is 5.32 Å². The van der Waals surface area contributed by atoms with Gasteiger partial charge in [-0.05, 0) is 23.4 Å². The minimum atomic E-state index is 0.848. The fraction of sp³-hybridized carbons (Fsp3) is 0.188. The van der Waals surface area contributed by atoms with Crippen molar-refractivity contribution in [2.75, 3.05) is 6.54 Å². The highest BCUT2D eigenvalue weighted by molar-refractivity contribution is 7.13. The van der Waals surface area contributed by atoms with Crippen LogP contribution in [-0.4, -0.2) is 11.5 Å². The zero-order valence-corrected chi connectivity index (χ0v) is 11.7. The second-order valence-corrected chi connectivity index (χ2v) is 5.34. The van der Waals surface area contributed by atoms with Gasteiger partial charge in [0.1, 0.15) is 5.01 Å². The molecule has 0 fully saturated rings. The fourth-order valence-corrected chi connectivity index (χ4v) is 2.91. The summed E-state index contributed by atoms with van der Waals surface area (Å²) in [6.45, 7) is 3.93. The maximum absolute atomic E-state index is 4.68. The molecule has 0 saturated heterocycles. The Balaban J connectivity index is 1.92. The Morgan fingerprint density at radius 2 is 1.95 bits per heavy atom. The van der Waals surface area contributed by atoms with Crippen LogP contribution in [0.5, 0.6) is 0 Å². The van der Waals surface area contributed by atoms with E-state index in [2.05, 4.69) is 65.1 Å². The maximum Gasteiger partial charge on any atom is 0.123 e. The maximum atomic E-state index is 4.68. The van der Waals surface area contributed by atoms with E-state index in [-0.39, 0.29) is 0 Å². The third kappa shape index (κ3) is 2.67. The van der Waals surface area contributed by atoms with E-state index >= 15 is 0 Å². The van der Waals surface area contributed by atoms with Crippen molar-refractivity contribution >= 4 is 22.1 Å². The lowest BCUT2D eigenvalue weighted by Crippen LogP contribution is -2.11. The standard InChI is InChI=1S/C16H16N2S/c1-2-17-10-15-11-19-16(18-15)14-8-7-12-5-3-4-6-13(12)9-14/h3-9,11,17H,2,10H2,1H3. The number of fused-ring (bicyclic) bond motifs is 1.